The summed E-state index contributed by atoms with van der Waals surface area (Å²) < 4.78 is 3.75. The number of thiazole rings is 1. The van der Waals surface area contributed by atoms with Gasteiger partial charge in [-0.2, -0.15) is 5.10 Å². The van der Waals surface area contributed by atoms with E-state index in [0.717, 1.165) is 29.0 Å². The normalized spacial score (nSPS) is 12.0. The Labute approximate surface area is 131 Å². The summed E-state index contributed by atoms with van der Waals surface area (Å²) in [6.45, 7) is 3.93. The number of rotatable bonds is 5. The minimum absolute atomic E-state index is 0.530. The number of aromatic nitrogens is 5. The van der Waals surface area contributed by atoms with Crippen LogP contribution in [0, 0.1) is 0 Å². The molecule has 0 aliphatic rings. The second-order valence-corrected chi connectivity index (χ2v) is 5.55. The molecule has 9 heteroatoms. The first-order valence-electron chi connectivity index (χ1n) is 7.02. The van der Waals surface area contributed by atoms with E-state index >= 15 is 0 Å². The van der Waals surface area contributed by atoms with E-state index in [1.54, 1.807) is 22.3 Å². The van der Waals surface area contributed by atoms with E-state index in [-0.39, 0.29) is 0 Å². The van der Waals surface area contributed by atoms with Crippen molar-refractivity contribution in [3.05, 3.63) is 35.6 Å². The Morgan fingerprint density at radius 1 is 1.41 bits per heavy atom. The Balaban J connectivity index is 1.64. The van der Waals surface area contributed by atoms with Gasteiger partial charge in [0.25, 0.3) is 0 Å². The van der Waals surface area contributed by atoms with Crippen molar-refractivity contribution in [2.24, 2.45) is 12.0 Å². The highest BCUT2D eigenvalue weighted by Gasteiger charge is 2.04. The second kappa shape index (κ2) is 6.56. The quantitative estimate of drug-likeness (QED) is 0.536. The first kappa shape index (κ1) is 14.5. The smallest absolute Gasteiger partial charge is 0.193 e. The van der Waals surface area contributed by atoms with Gasteiger partial charge < -0.3 is 10.6 Å². The maximum atomic E-state index is 4.55. The highest BCUT2D eigenvalue weighted by Crippen LogP contribution is 2.11. The molecule has 0 aliphatic carbocycles. The molecule has 0 atom stereocenters. The van der Waals surface area contributed by atoms with Gasteiger partial charge in [0.15, 0.2) is 10.9 Å². The second-order valence-electron chi connectivity index (χ2n) is 4.67. The fraction of sp³-hybridized carbons (Fsp3) is 0.385. The number of hydrogen-bond acceptors (Lipinski definition) is 5. The van der Waals surface area contributed by atoms with Crippen LogP contribution in [-0.4, -0.2) is 36.7 Å². The predicted molar refractivity (Wildman–Crippen MR) is 85.7 cm³/mol. The van der Waals surface area contributed by atoms with Gasteiger partial charge in [-0.05, 0) is 6.92 Å². The molecule has 3 rings (SSSR count). The van der Waals surface area contributed by atoms with Crippen LogP contribution in [0.1, 0.15) is 18.4 Å². The lowest BCUT2D eigenvalue weighted by molar-refractivity contribution is 0.673. The molecule has 0 radical (unpaired) electrons. The molecule has 3 aromatic rings. The van der Waals surface area contributed by atoms with E-state index in [1.807, 2.05) is 36.1 Å². The molecule has 0 spiro atoms. The maximum Gasteiger partial charge on any atom is 0.193 e. The lowest BCUT2D eigenvalue weighted by atomic mass is 10.5. The lowest BCUT2D eigenvalue weighted by Gasteiger charge is -2.10. The van der Waals surface area contributed by atoms with Crippen molar-refractivity contribution in [3.63, 3.8) is 0 Å². The lowest BCUT2D eigenvalue weighted by Crippen LogP contribution is -2.37. The van der Waals surface area contributed by atoms with Gasteiger partial charge in [0.05, 0.1) is 18.8 Å². The van der Waals surface area contributed by atoms with Crippen LogP contribution in [0.5, 0.6) is 0 Å². The van der Waals surface area contributed by atoms with Crippen molar-refractivity contribution in [1.82, 2.24) is 34.8 Å². The van der Waals surface area contributed by atoms with Crippen molar-refractivity contribution in [1.29, 1.82) is 0 Å². The Bertz CT molecular complexity index is 739. The van der Waals surface area contributed by atoms with E-state index in [2.05, 4.69) is 30.7 Å². The third kappa shape index (κ3) is 3.25. The summed E-state index contributed by atoms with van der Waals surface area (Å²) in [6, 6.07) is 0. The van der Waals surface area contributed by atoms with Crippen molar-refractivity contribution in [2.75, 3.05) is 6.54 Å². The van der Waals surface area contributed by atoms with Crippen LogP contribution >= 0.6 is 11.3 Å². The molecule has 2 N–H and O–H groups in total. The Kier molecular flexibility index (Phi) is 4.33. The summed E-state index contributed by atoms with van der Waals surface area (Å²) in [5.41, 5.74) is 0.947. The molecular formula is C13H18N8S. The predicted octanol–water partition coefficient (Wildman–Crippen LogP) is 0.780. The number of aryl methyl sites for hydroxylation is 1. The van der Waals surface area contributed by atoms with Crippen LogP contribution < -0.4 is 10.6 Å². The van der Waals surface area contributed by atoms with E-state index < -0.39 is 0 Å². The molecule has 0 saturated heterocycles. The number of imidazole rings is 1. The van der Waals surface area contributed by atoms with Crippen LogP contribution in [0.15, 0.2) is 29.1 Å². The number of nitrogens with zero attached hydrogens (tertiary/aromatic N) is 6. The zero-order valence-electron chi connectivity index (χ0n) is 12.5. The summed E-state index contributed by atoms with van der Waals surface area (Å²) in [5.74, 6) is 1.59. The fourth-order valence-electron chi connectivity index (χ4n) is 2.00. The minimum Gasteiger partial charge on any atom is -0.357 e. The Morgan fingerprint density at radius 3 is 3.05 bits per heavy atom. The highest BCUT2D eigenvalue weighted by atomic mass is 32.1. The number of fused-ring (bicyclic) bond motifs is 1. The summed E-state index contributed by atoms with van der Waals surface area (Å²) in [7, 11) is 1.87. The number of guanidine groups is 1. The molecule has 22 heavy (non-hydrogen) atoms. The zero-order valence-corrected chi connectivity index (χ0v) is 13.3. The Morgan fingerprint density at radius 2 is 2.32 bits per heavy atom. The SMILES string of the molecule is CCNC(=NCc1cn2ccsc2n1)NCc1ncnn1C. The van der Waals surface area contributed by atoms with Crippen LogP contribution in [0.2, 0.25) is 0 Å². The van der Waals surface area contributed by atoms with Crippen molar-refractivity contribution in [2.45, 2.75) is 20.0 Å². The monoisotopic (exact) mass is 318 g/mol. The molecule has 0 amide bonds. The molecule has 0 bridgehead atoms. The molecule has 3 aromatic heterocycles. The van der Waals surface area contributed by atoms with Gasteiger partial charge in [-0.3, -0.25) is 9.08 Å². The van der Waals surface area contributed by atoms with Crippen LogP contribution in [0.25, 0.3) is 4.96 Å². The van der Waals surface area contributed by atoms with Crippen molar-refractivity contribution >= 4 is 22.3 Å². The van der Waals surface area contributed by atoms with Gasteiger partial charge in [0, 0.05) is 31.4 Å². The van der Waals surface area contributed by atoms with Gasteiger partial charge in [0.2, 0.25) is 0 Å². The standard InChI is InChI=1S/C13H18N8S/c1-3-14-12(16-7-11-17-9-18-20(11)2)15-6-10-8-21-4-5-22-13(21)19-10/h4-5,8-9H,3,6-7H2,1-2H3,(H2,14,15,16). The van der Waals surface area contributed by atoms with E-state index in [9.17, 15) is 0 Å². The average molecular weight is 318 g/mol. The summed E-state index contributed by atoms with van der Waals surface area (Å²) in [4.78, 5) is 14.2. The molecule has 0 aliphatic heterocycles. The minimum atomic E-state index is 0.530. The number of hydrogen-bond donors (Lipinski definition) is 2. The first-order valence-corrected chi connectivity index (χ1v) is 7.90. The molecule has 3 heterocycles. The molecule has 0 fully saturated rings. The Hall–Kier alpha value is -2.42. The zero-order chi connectivity index (χ0) is 15.4. The highest BCUT2D eigenvalue weighted by molar-refractivity contribution is 7.15. The van der Waals surface area contributed by atoms with Crippen LogP contribution in [0.3, 0.4) is 0 Å². The van der Waals surface area contributed by atoms with Gasteiger partial charge in [-0.1, -0.05) is 0 Å². The first-order chi connectivity index (χ1) is 10.8. The van der Waals surface area contributed by atoms with Gasteiger partial charge in [-0.15, -0.1) is 11.3 Å². The molecule has 0 saturated carbocycles. The number of nitrogens with one attached hydrogen (secondary N) is 2. The van der Waals surface area contributed by atoms with Crippen LogP contribution in [0.4, 0.5) is 0 Å². The van der Waals surface area contributed by atoms with Crippen LogP contribution in [-0.2, 0) is 20.1 Å². The summed E-state index contributed by atoms with van der Waals surface area (Å²) in [5, 5.41) is 12.5. The fourth-order valence-corrected chi connectivity index (χ4v) is 2.72. The van der Waals surface area contributed by atoms with E-state index in [1.165, 1.54) is 0 Å². The van der Waals surface area contributed by atoms with Gasteiger partial charge in [0.1, 0.15) is 12.2 Å². The third-order valence-corrected chi connectivity index (χ3v) is 3.88. The summed E-state index contributed by atoms with van der Waals surface area (Å²) in [6.07, 6.45) is 5.54. The maximum absolute atomic E-state index is 4.55. The third-order valence-electron chi connectivity index (χ3n) is 3.11. The van der Waals surface area contributed by atoms with Crippen molar-refractivity contribution < 1.29 is 0 Å². The molecule has 0 aromatic carbocycles. The molecule has 0 unspecified atom stereocenters. The van der Waals surface area contributed by atoms with E-state index in [0.29, 0.717) is 13.1 Å². The summed E-state index contributed by atoms with van der Waals surface area (Å²) >= 11 is 1.62. The van der Waals surface area contributed by atoms with Gasteiger partial charge in [-0.25, -0.2) is 15.0 Å². The number of aliphatic imine (C=N–C) groups is 1. The van der Waals surface area contributed by atoms with Crippen molar-refractivity contribution in [3.8, 4) is 0 Å². The largest absolute Gasteiger partial charge is 0.357 e. The molecular weight excluding hydrogens is 300 g/mol. The van der Waals surface area contributed by atoms with E-state index in [4.69, 9.17) is 0 Å². The topological polar surface area (TPSA) is 84.4 Å². The molecule has 8 nitrogen and oxygen atoms in total. The molecule has 116 valence electrons. The van der Waals surface area contributed by atoms with Gasteiger partial charge >= 0.3 is 0 Å². The average Bonchev–Trinajstić information content (AvgIpc) is 3.18.